The number of nitrogens with one attached hydrogen (secondary N) is 2. The van der Waals surface area contributed by atoms with Crippen LogP contribution in [0.3, 0.4) is 0 Å². The first-order valence-electron chi connectivity index (χ1n) is 10.5. The van der Waals surface area contributed by atoms with E-state index in [4.69, 9.17) is 14.3 Å². The number of carbonyl (C=O) groups is 3. The molecule has 0 fully saturated rings. The van der Waals surface area contributed by atoms with Gasteiger partial charge in [0, 0.05) is 5.92 Å². The van der Waals surface area contributed by atoms with Gasteiger partial charge in [-0.05, 0) is 28.7 Å². The number of hydrogen-bond acceptors (Lipinski definition) is 6. The van der Waals surface area contributed by atoms with E-state index in [0.29, 0.717) is 0 Å². The Hall–Kier alpha value is -4.14. The Balaban J connectivity index is 1.36. The van der Waals surface area contributed by atoms with Crippen LogP contribution in [-0.2, 0) is 16.1 Å². The van der Waals surface area contributed by atoms with E-state index >= 15 is 0 Å². The third-order valence-corrected chi connectivity index (χ3v) is 5.60. The van der Waals surface area contributed by atoms with Gasteiger partial charge in [0.05, 0.1) is 6.54 Å². The molecule has 1 aliphatic rings. The number of carboxylic acid groups (broad SMARTS) is 1. The number of hydrogen-bond donors (Lipinski definition) is 3. The second-order valence-electron chi connectivity index (χ2n) is 7.58. The van der Waals surface area contributed by atoms with E-state index < -0.39 is 24.0 Å². The SMILES string of the molecule is CC[C@@H](NC(=O)c1ncoc1CNC(=O)OCC1c2ccccc2-c2ccccc21)C(=O)O. The number of carboxylic acids is 1. The van der Waals surface area contributed by atoms with E-state index in [0.717, 1.165) is 28.6 Å². The van der Waals surface area contributed by atoms with Gasteiger partial charge in [-0.2, -0.15) is 0 Å². The van der Waals surface area contributed by atoms with E-state index in [-0.39, 0.29) is 36.9 Å². The molecule has 9 heteroatoms. The standard InChI is InChI=1S/C24H23N3O6/c1-2-19(23(29)30)27-22(28)21-20(33-13-26-21)11-25-24(31)32-12-18-16-9-5-3-7-14(16)15-8-4-6-10-17(15)18/h3-10,13,18-19H,2,11-12H2,1H3,(H,25,31)(H,27,28)(H,29,30)/t19-/m1/s1. The number of benzene rings is 2. The summed E-state index contributed by atoms with van der Waals surface area (Å²) in [6.45, 7) is 1.66. The molecule has 0 radical (unpaired) electrons. The number of alkyl carbamates (subject to hydrolysis) is 1. The van der Waals surface area contributed by atoms with Crippen molar-refractivity contribution in [3.8, 4) is 11.1 Å². The predicted octanol–water partition coefficient (Wildman–Crippen LogP) is 3.31. The number of amides is 2. The molecule has 1 atom stereocenters. The summed E-state index contributed by atoms with van der Waals surface area (Å²) in [7, 11) is 0. The summed E-state index contributed by atoms with van der Waals surface area (Å²) in [5.41, 5.74) is 4.38. The van der Waals surface area contributed by atoms with Crippen molar-refractivity contribution in [2.45, 2.75) is 31.8 Å². The number of rotatable bonds is 8. The molecule has 170 valence electrons. The van der Waals surface area contributed by atoms with Crippen molar-refractivity contribution in [2.75, 3.05) is 6.61 Å². The minimum Gasteiger partial charge on any atom is -0.480 e. The second-order valence-corrected chi connectivity index (χ2v) is 7.58. The molecule has 0 unspecified atom stereocenters. The molecule has 1 aromatic heterocycles. The summed E-state index contributed by atoms with van der Waals surface area (Å²) in [4.78, 5) is 39.7. The van der Waals surface area contributed by atoms with Crippen LogP contribution in [0.5, 0.6) is 0 Å². The lowest BCUT2D eigenvalue weighted by Crippen LogP contribution is -2.40. The predicted molar refractivity (Wildman–Crippen MR) is 118 cm³/mol. The number of carbonyl (C=O) groups excluding carboxylic acids is 2. The molecule has 1 heterocycles. The van der Waals surface area contributed by atoms with Crippen molar-refractivity contribution >= 4 is 18.0 Å². The van der Waals surface area contributed by atoms with E-state index in [1.165, 1.54) is 0 Å². The molecule has 0 bridgehead atoms. The summed E-state index contributed by atoms with van der Waals surface area (Å²) >= 11 is 0. The van der Waals surface area contributed by atoms with Crippen LogP contribution < -0.4 is 10.6 Å². The maximum atomic E-state index is 12.3. The Morgan fingerprint density at radius 1 is 1.09 bits per heavy atom. The molecule has 1 aliphatic carbocycles. The minimum absolute atomic E-state index is 0.0724. The van der Waals surface area contributed by atoms with Crippen LogP contribution in [0.4, 0.5) is 4.79 Å². The van der Waals surface area contributed by atoms with Gasteiger partial charge in [-0.1, -0.05) is 55.5 Å². The first-order chi connectivity index (χ1) is 16.0. The molecule has 3 aromatic rings. The Morgan fingerprint density at radius 3 is 2.33 bits per heavy atom. The fourth-order valence-corrected chi connectivity index (χ4v) is 3.95. The molecular weight excluding hydrogens is 426 g/mol. The zero-order valence-corrected chi connectivity index (χ0v) is 17.9. The van der Waals surface area contributed by atoms with Gasteiger partial charge in [0.2, 0.25) is 0 Å². The Kier molecular flexibility index (Phi) is 6.39. The van der Waals surface area contributed by atoms with E-state index in [2.05, 4.69) is 27.8 Å². The van der Waals surface area contributed by atoms with Gasteiger partial charge in [-0.15, -0.1) is 0 Å². The van der Waals surface area contributed by atoms with E-state index in [9.17, 15) is 14.4 Å². The average Bonchev–Trinajstić information content (AvgIpc) is 3.42. The number of aliphatic carboxylic acids is 1. The third-order valence-electron chi connectivity index (χ3n) is 5.60. The number of aromatic nitrogens is 1. The molecule has 0 saturated heterocycles. The van der Waals surface area contributed by atoms with Gasteiger partial charge in [0.15, 0.2) is 17.8 Å². The molecule has 9 nitrogen and oxygen atoms in total. The first-order valence-corrected chi connectivity index (χ1v) is 10.5. The van der Waals surface area contributed by atoms with Gasteiger partial charge < -0.3 is 24.9 Å². The summed E-state index contributed by atoms with van der Waals surface area (Å²) in [6, 6.07) is 15.0. The monoisotopic (exact) mass is 449 g/mol. The lowest BCUT2D eigenvalue weighted by Gasteiger charge is -2.14. The van der Waals surface area contributed by atoms with Crippen LogP contribution in [0.25, 0.3) is 11.1 Å². The number of oxazole rings is 1. The summed E-state index contributed by atoms with van der Waals surface area (Å²) in [5.74, 6) is -1.81. The molecule has 0 aliphatic heterocycles. The van der Waals surface area contributed by atoms with Crippen LogP contribution >= 0.6 is 0 Å². The summed E-state index contributed by atoms with van der Waals surface area (Å²) < 4.78 is 10.7. The highest BCUT2D eigenvalue weighted by molar-refractivity contribution is 5.95. The largest absolute Gasteiger partial charge is 0.480 e. The molecule has 0 spiro atoms. The molecule has 33 heavy (non-hydrogen) atoms. The Morgan fingerprint density at radius 2 is 1.73 bits per heavy atom. The van der Waals surface area contributed by atoms with Gasteiger partial charge in [-0.25, -0.2) is 14.6 Å². The van der Waals surface area contributed by atoms with Gasteiger partial charge >= 0.3 is 12.1 Å². The van der Waals surface area contributed by atoms with Crippen LogP contribution in [-0.4, -0.2) is 40.7 Å². The van der Waals surface area contributed by atoms with Crippen molar-refractivity contribution in [1.82, 2.24) is 15.6 Å². The topological polar surface area (TPSA) is 131 Å². The maximum Gasteiger partial charge on any atom is 0.407 e. The maximum absolute atomic E-state index is 12.3. The summed E-state index contributed by atoms with van der Waals surface area (Å²) in [5, 5.41) is 14.0. The molecule has 2 aromatic carbocycles. The van der Waals surface area contributed by atoms with Crippen LogP contribution in [0, 0.1) is 0 Å². The average molecular weight is 449 g/mol. The minimum atomic E-state index is -1.15. The highest BCUT2D eigenvalue weighted by atomic mass is 16.5. The normalized spacial score (nSPS) is 13.0. The van der Waals surface area contributed by atoms with Crippen LogP contribution in [0.15, 0.2) is 59.3 Å². The highest BCUT2D eigenvalue weighted by Crippen LogP contribution is 2.44. The Bertz CT molecular complexity index is 1140. The molecule has 2 amide bonds. The van der Waals surface area contributed by atoms with Crippen molar-refractivity contribution in [3.05, 3.63) is 77.5 Å². The summed E-state index contributed by atoms with van der Waals surface area (Å²) in [6.07, 6.45) is 0.606. The van der Waals surface area contributed by atoms with Crippen LogP contribution in [0.1, 0.15) is 46.6 Å². The third kappa shape index (κ3) is 4.57. The lowest BCUT2D eigenvalue weighted by molar-refractivity contribution is -0.139. The number of nitrogens with zero attached hydrogens (tertiary/aromatic N) is 1. The van der Waals surface area contributed by atoms with Gasteiger partial charge in [0.25, 0.3) is 5.91 Å². The quantitative estimate of drug-likeness (QED) is 0.481. The van der Waals surface area contributed by atoms with Crippen molar-refractivity contribution in [3.63, 3.8) is 0 Å². The van der Waals surface area contributed by atoms with Crippen molar-refractivity contribution < 1.29 is 28.6 Å². The van der Waals surface area contributed by atoms with Gasteiger partial charge in [0.1, 0.15) is 12.6 Å². The molecule has 4 rings (SSSR count). The van der Waals surface area contributed by atoms with Crippen LogP contribution in [0.2, 0.25) is 0 Å². The van der Waals surface area contributed by atoms with Crippen molar-refractivity contribution in [1.29, 1.82) is 0 Å². The molecular formula is C24H23N3O6. The van der Waals surface area contributed by atoms with E-state index in [1.54, 1.807) is 6.92 Å². The molecule has 3 N–H and O–H groups in total. The molecule has 0 saturated carbocycles. The smallest absolute Gasteiger partial charge is 0.407 e. The Labute approximate surface area is 189 Å². The van der Waals surface area contributed by atoms with E-state index in [1.807, 2.05) is 36.4 Å². The lowest BCUT2D eigenvalue weighted by atomic mass is 9.98. The van der Waals surface area contributed by atoms with Gasteiger partial charge in [-0.3, -0.25) is 4.79 Å². The number of fused-ring (bicyclic) bond motifs is 3. The fraction of sp³-hybridized carbons (Fsp3) is 0.250. The zero-order chi connectivity index (χ0) is 23.4. The number of ether oxygens (including phenoxy) is 1. The second kappa shape index (κ2) is 9.56. The fourth-order valence-electron chi connectivity index (χ4n) is 3.95. The first kappa shape index (κ1) is 22.1. The highest BCUT2D eigenvalue weighted by Gasteiger charge is 2.29. The zero-order valence-electron chi connectivity index (χ0n) is 17.9. The van der Waals surface area contributed by atoms with Crippen molar-refractivity contribution in [2.24, 2.45) is 0 Å².